The van der Waals surface area contributed by atoms with Gasteiger partial charge in [-0.1, -0.05) is 31.1 Å². The molecule has 2 aromatic rings. The Balaban J connectivity index is 1.86. The Bertz CT molecular complexity index is 621. The minimum Gasteiger partial charge on any atom is -0.493 e. The zero-order valence-electron chi connectivity index (χ0n) is 14.7. The van der Waals surface area contributed by atoms with Crippen molar-refractivity contribution in [1.29, 1.82) is 0 Å². The summed E-state index contributed by atoms with van der Waals surface area (Å²) in [6.45, 7) is 7.65. The van der Waals surface area contributed by atoms with Gasteiger partial charge in [0.25, 0.3) is 0 Å². The van der Waals surface area contributed by atoms with Gasteiger partial charge in [-0.3, -0.25) is 4.99 Å². The maximum atomic E-state index is 5.71. The summed E-state index contributed by atoms with van der Waals surface area (Å²) in [5.41, 5.74) is 1.99. The maximum Gasteiger partial charge on any atom is 0.191 e. The molecule has 0 saturated carbocycles. The molecule has 1 atom stereocenters. The topological polar surface area (TPSA) is 71.7 Å². The highest BCUT2D eigenvalue weighted by atomic mass is 16.5. The number of aromatic nitrogens is 1. The second kappa shape index (κ2) is 8.96. The Morgan fingerprint density at radius 2 is 1.96 bits per heavy atom. The molecule has 130 valence electrons. The first kappa shape index (κ1) is 17.8. The summed E-state index contributed by atoms with van der Waals surface area (Å²) >= 11 is 0. The average molecular weight is 330 g/mol. The highest BCUT2D eigenvalue weighted by molar-refractivity contribution is 5.80. The summed E-state index contributed by atoms with van der Waals surface area (Å²) in [6, 6.07) is 10.1. The van der Waals surface area contributed by atoms with Crippen LogP contribution in [0.5, 0.6) is 5.75 Å². The van der Waals surface area contributed by atoms with E-state index in [0.29, 0.717) is 18.4 Å². The van der Waals surface area contributed by atoms with E-state index in [4.69, 9.17) is 9.26 Å². The van der Waals surface area contributed by atoms with Crippen molar-refractivity contribution in [3.63, 3.8) is 0 Å². The van der Waals surface area contributed by atoms with E-state index < -0.39 is 0 Å². The predicted octanol–water partition coefficient (Wildman–Crippen LogP) is 3.14. The monoisotopic (exact) mass is 330 g/mol. The minimum absolute atomic E-state index is 0.118. The molecule has 0 fully saturated rings. The van der Waals surface area contributed by atoms with Gasteiger partial charge in [-0.05, 0) is 30.5 Å². The Hall–Kier alpha value is -2.50. The largest absolute Gasteiger partial charge is 0.493 e. The van der Waals surface area contributed by atoms with Gasteiger partial charge >= 0.3 is 0 Å². The molecular formula is C18H26N4O2. The summed E-state index contributed by atoms with van der Waals surface area (Å²) in [6.07, 6.45) is 1.55. The number of ether oxygens (including phenoxy) is 1. The molecule has 0 spiro atoms. The molecule has 24 heavy (non-hydrogen) atoms. The normalized spacial score (nSPS) is 13.0. The van der Waals surface area contributed by atoms with Gasteiger partial charge in [-0.25, -0.2) is 0 Å². The average Bonchev–Trinajstić information content (AvgIpc) is 3.10. The first-order valence-electron chi connectivity index (χ1n) is 8.17. The number of aliphatic imine (C=N–C) groups is 1. The lowest BCUT2D eigenvalue weighted by Crippen LogP contribution is -2.38. The van der Waals surface area contributed by atoms with E-state index in [1.54, 1.807) is 13.3 Å². The molecule has 1 heterocycles. The molecule has 1 unspecified atom stereocenters. The Morgan fingerprint density at radius 1 is 1.21 bits per heavy atom. The first-order valence-corrected chi connectivity index (χ1v) is 8.17. The van der Waals surface area contributed by atoms with Crippen LogP contribution in [0.4, 0.5) is 0 Å². The predicted molar refractivity (Wildman–Crippen MR) is 95.0 cm³/mol. The summed E-state index contributed by atoms with van der Waals surface area (Å²) in [5, 5.41) is 10.4. The molecule has 0 amide bonds. The van der Waals surface area contributed by atoms with E-state index >= 15 is 0 Å². The summed E-state index contributed by atoms with van der Waals surface area (Å²) < 4.78 is 10.5. The lowest BCUT2D eigenvalue weighted by atomic mass is 10.1. The third kappa shape index (κ3) is 5.61. The van der Waals surface area contributed by atoms with Crippen LogP contribution in [0.25, 0.3) is 0 Å². The molecule has 1 aromatic heterocycles. The van der Waals surface area contributed by atoms with Gasteiger partial charge in [-0.2, -0.15) is 0 Å². The SMILES string of the molecule is CN=C(NCc1ccon1)NC(C)c1ccc(OCC(C)C)cc1. The van der Waals surface area contributed by atoms with Crippen molar-refractivity contribution >= 4 is 5.96 Å². The van der Waals surface area contributed by atoms with Crippen molar-refractivity contribution in [3.8, 4) is 5.75 Å². The lowest BCUT2D eigenvalue weighted by Gasteiger charge is -2.18. The number of rotatable bonds is 7. The minimum atomic E-state index is 0.118. The van der Waals surface area contributed by atoms with E-state index in [0.717, 1.165) is 23.6 Å². The van der Waals surface area contributed by atoms with Gasteiger partial charge in [0.1, 0.15) is 17.7 Å². The van der Waals surface area contributed by atoms with Crippen LogP contribution in [0.3, 0.4) is 0 Å². The second-order valence-corrected chi connectivity index (χ2v) is 6.06. The van der Waals surface area contributed by atoms with Crippen LogP contribution in [-0.2, 0) is 6.54 Å². The van der Waals surface area contributed by atoms with Gasteiger partial charge < -0.3 is 19.9 Å². The number of guanidine groups is 1. The molecule has 0 aliphatic heterocycles. The fraction of sp³-hybridized carbons (Fsp3) is 0.444. The van der Waals surface area contributed by atoms with Crippen LogP contribution in [-0.4, -0.2) is 24.8 Å². The number of nitrogens with zero attached hydrogens (tertiary/aromatic N) is 2. The molecule has 0 radical (unpaired) electrons. The zero-order chi connectivity index (χ0) is 17.4. The first-order chi connectivity index (χ1) is 11.6. The fourth-order valence-electron chi connectivity index (χ4n) is 2.10. The van der Waals surface area contributed by atoms with E-state index in [-0.39, 0.29) is 6.04 Å². The van der Waals surface area contributed by atoms with Crippen LogP contribution in [0.2, 0.25) is 0 Å². The third-order valence-electron chi connectivity index (χ3n) is 3.47. The molecule has 0 aliphatic rings. The van der Waals surface area contributed by atoms with Crippen molar-refractivity contribution < 1.29 is 9.26 Å². The van der Waals surface area contributed by atoms with Crippen LogP contribution in [0.15, 0.2) is 46.1 Å². The molecule has 2 rings (SSSR count). The Kier molecular flexibility index (Phi) is 6.66. The van der Waals surface area contributed by atoms with E-state index in [1.807, 2.05) is 18.2 Å². The molecule has 6 nitrogen and oxygen atoms in total. The number of hydrogen-bond acceptors (Lipinski definition) is 4. The second-order valence-electron chi connectivity index (χ2n) is 6.06. The van der Waals surface area contributed by atoms with Crippen molar-refractivity contribution in [2.45, 2.75) is 33.4 Å². The van der Waals surface area contributed by atoms with E-state index in [9.17, 15) is 0 Å². The Morgan fingerprint density at radius 3 is 2.54 bits per heavy atom. The smallest absolute Gasteiger partial charge is 0.191 e. The van der Waals surface area contributed by atoms with Crippen molar-refractivity contribution in [1.82, 2.24) is 15.8 Å². The van der Waals surface area contributed by atoms with Crippen molar-refractivity contribution in [3.05, 3.63) is 47.9 Å². The number of benzene rings is 1. The van der Waals surface area contributed by atoms with Crippen molar-refractivity contribution in [2.24, 2.45) is 10.9 Å². The molecular weight excluding hydrogens is 304 g/mol. The third-order valence-corrected chi connectivity index (χ3v) is 3.47. The summed E-state index contributed by atoms with van der Waals surface area (Å²) in [7, 11) is 1.74. The van der Waals surface area contributed by atoms with E-state index in [2.05, 4.69) is 53.7 Å². The van der Waals surface area contributed by atoms with Gasteiger partial charge in [0.15, 0.2) is 5.96 Å². The van der Waals surface area contributed by atoms with Crippen LogP contribution < -0.4 is 15.4 Å². The molecule has 0 aliphatic carbocycles. The molecule has 1 aromatic carbocycles. The van der Waals surface area contributed by atoms with E-state index in [1.165, 1.54) is 0 Å². The Labute approximate surface area is 143 Å². The molecule has 6 heteroatoms. The zero-order valence-corrected chi connectivity index (χ0v) is 14.7. The highest BCUT2D eigenvalue weighted by Crippen LogP contribution is 2.18. The van der Waals surface area contributed by atoms with Gasteiger partial charge in [0, 0.05) is 13.1 Å². The van der Waals surface area contributed by atoms with Crippen LogP contribution in [0.1, 0.15) is 38.1 Å². The van der Waals surface area contributed by atoms with Crippen LogP contribution >= 0.6 is 0 Å². The number of hydrogen-bond donors (Lipinski definition) is 2. The molecule has 2 N–H and O–H groups in total. The van der Waals surface area contributed by atoms with Gasteiger partial charge in [-0.15, -0.1) is 0 Å². The summed E-state index contributed by atoms with van der Waals surface area (Å²) in [4.78, 5) is 4.23. The maximum absolute atomic E-state index is 5.71. The molecule has 0 saturated heterocycles. The molecule has 0 bridgehead atoms. The number of nitrogens with one attached hydrogen (secondary N) is 2. The van der Waals surface area contributed by atoms with Gasteiger partial charge in [0.2, 0.25) is 0 Å². The summed E-state index contributed by atoms with van der Waals surface area (Å²) in [5.74, 6) is 2.13. The quantitative estimate of drug-likeness (QED) is 0.603. The highest BCUT2D eigenvalue weighted by Gasteiger charge is 2.09. The van der Waals surface area contributed by atoms with Gasteiger partial charge in [0.05, 0.1) is 19.2 Å². The van der Waals surface area contributed by atoms with Crippen molar-refractivity contribution in [2.75, 3.05) is 13.7 Å². The fourth-order valence-corrected chi connectivity index (χ4v) is 2.10. The lowest BCUT2D eigenvalue weighted by molar-refractivity contribution is 0.271. The standard InChI is InChI=1S/C18H26N4O2/c1-13(2)12-23-17-7-5-15(6-8-17)14(3)21-18(19-4)20-11-16-9-10-24-22-16/h5-10,13-14H,11-12H2,1-4H3,(H2,19,20,21). The van der Waals surface area contributed by atoms with Crippen LogP contribution in [0, 0.1) is 5.92 Å².